The highest BCUT2D eigenvalue weighted by Crippen LogP contribution is 2.40. The molecule has 0 amide bonds. The Morgan fingerprint density at radius 2 is 2.00 bits per heavy atom. The fourth-order valence-corrected chi connectivity index (χ4v) is 2.38. The minimum Gasteiger partial charge on any atom is -0.354 e. The number of nitrogens with zero attached hydrogens (tertiary/aromatic N) is 2. The van der Waals surface area contributed by atoms with Gasteiger partial charge >= 0.3 is 0 Å². The lowest BCUT2D eigenvalue weighted by molar-refractivity contribution is 0.977. The molecule has 0 bridgehead atoms. The molecule has 4 nitrogen and oxygen atoms in total. The van der Waals surface area contributed by atoms with Gasteiger partial charge in [-0.3, -0.25) is 0 Å². The summed E-state index contributed by atoms with van der Waals surface area (Å²) in [6.45, 7) is 7.15. The highest BCUT2D eigenvalue weighted by molar-refractivity contribution is 5.63. The molecule has 2 aromatic rings. The molecular weight excluding hydrogens is 260 g/mol. The van der Waals surface area contributed by atoms with E-state index < -0.39 is 0 Å². The Kier molecular flexibility index (Phi) is 3.78. The molecule has 1 aromatic carbocycles. The van der Waals surface area contributed by atoms with Crippen LogP contribution in [-0.4, -0.2) is 16.5 Å². The Bertz CT molecular complexity index is 647. The Balaban J connectivity index is 1.91. The maximum atomic E-state index is 4.60. The van der Waals surface area contributed by atoms with Crippen LogP contribution in [0.3, 0.4) is 0 Å². The molecule has 3 rings (SSSR count). The topological polar surface area (TPSA) is 49.8 Å². The van der Waals surface area contributed by atoms with Crippen LogP contribution in [0.2, 0.25) is 0 Å². The van der Waals surface area contributed by atoms with Crippen molar-refractivity contribution in [3.63, 3.8) is 0 Å². The van der Waals surface area contributed by atoms with Gasteiger partial charge in [0.1, 0.15) is 5.82 Å². The molecule has 1 aliphatic rings. The molecule has 1 aliphatic carbocycles. The number of hydrogen-bond acceptors (Lipinski definition) is 4. The molecule has 1 fully saturated rings. The van der Waals surface area contributed by atoms with Crippen molar-refractivity contribution in [1.29, 1.82) is 0 Å². The van der Waals surface area contributed by atoms with E-state index in [1.807, 2.05) is 0 Å². The van der Waals surface area contributed by atoms with Crippen LogP contribution >= 0.6 is 0 Å². The largest absolute Gasteiger partial charge is 0.354 e. The highest BCUT2D eigenvalue weighted by atomic mass is 15.1. The van der Waals surface area contributed by atoms with Gasteiger partial charge in [-0.15, -0.1) is 0 Å². The van der Waals surface area contributed by atoms with Gasteiger partial charge in [-0.2, -0.15) is 4.98 Å². The van der Waals surface area contributed by atoms with Crippen LogP contribution in [-0.2, 0) is 0 Å². The van der Waals surface area contributed by atoms with Crippen LogP contribution in [0.5, 0.6) is 0 Å². The Hall–Kier alpha value is -2.10. The molecule has 0 aliphatic heterocycles. The molecule has 110 valence electrons. The van der Waals surface area contributed by atoms with Crippen LogP contribution in [0.4, 0.5) is 17.5 Å². The van der Waals surface area contributed by atoms with Gasteiger partial charge in [-0.1, -0.05) is 12.1 Å². The zero-order chi connectivity index (χ0) is 14.8. The van der Waals surface area contributed by atoms with E-state index in [0.717, 1.165) is 29.7 Å². The summed E-state index contributed by atoms with van der Waals surface area (Å²) in [5, 5.41) is 6.66. The van der Waals surface area contributed by atoms with Gasteiger partial charge in [0.25, 0.3) is 0 Å². The van der Waals surface area contributed by atoms with Crippen molar-refractivity contribution in [1.82, 2.24) is 9.97 Å². The Morgan fingerprint density at radius 3 is 2.71 bits per heavy atom. The zero-order valence-electron chi connectivity index (χ0n) is 12.9. The molecule has 0 unspecified atom stereocenters. The van der Waals surface area contributed by atoms with E-state index >= 15 is 0 Å². The SMILES string of the molecule is CCNc1nc(Nc2cccc(C)c2C)cc(C2CC2)n1. The maximum Gasteiger partial charge on any atom is 0.224 e. The Morgan fingerprint density at radius 1 is 1.19 bits per heavy atom. The predicted octanol–water partition coefficient (Wildman–Crippen LogP) is 4.15. The quantitative estimate of drug-likeness (QED) is 0.865. The van der Waals surface area contributed by atoms with Gasteiger partial charge in [0, 0.05) is 24.2 Å². The third-order valence-corrected chi connectivity index (χ3v) is 3.94. The van der Waals surface area contributed by atoms with Gasteiger partial charge in [-0.05, 0) is 50.8 Å². The van der Waals surface area contributed by atoms with Crippen LogP contribution in [0, 0.1) is 13.8 Å². The van der Waals surface area contributed by atoms with E-state index in [1.54, 1.807) is 0 Å². The van der Waals surface area contributed by atoms with E-state index in [9.17, 15) is 0 Å². The fraction of sp³-hybridized carbons (Fsp3) is 0.412. The normalized spacial score (nSPS) is 14.0. The van der Waals surface area contributed by atoms with Gasteiger partial charge in [0.2, 0.25) is 5.95 Å². The molecule has 1 aromatic heterocycles. The monoisotopic (exact) mass is 282 g/mol. The summed E-state index contributed by atoms with van der Waals surface area (Å²) >= 11 is 0. The third kappa shape index (κ3) is 3.15. The van der Waals surface area contributed by atoms with E-state index in [1.165, 1.54) is 24.0 Å². The van der Waals surface area contributed by atoms with Crippen molar-refractivity contribution in [2.24, 2.45) is 0 Å². The van der Waals surface area contributed by atoms with Crippen LogP contribution < -0.4 is 10.6 Å². The zero-order valence-corrected chi connectivity index (χ0v) is 12.9. The molecule has 0 spiro atoms. The number of benzene rings is 1. The molecule has 0 radical (unpaired) electrons. The molecule has 4 heteroatoms. The predicted molar refractivity (Wildman–Crippen MR) is 87.4 cm³/mol. The first-order chi connectivity index (χ1) is 10.2. The summed E-state index contributed by atoms with van der Waals surface area (Å²) in [6, 6.07) is 8.37. The molecule has 1 saturated carbocycles. The minimum atomic E-state index is 0.615. The number of aromatic nitrogens is 2. The van der Waals surface area contributed by atoms with Crippen LogP contribution in [0.25, 0.3) is 0 Å². The standard InChI is InChI=1S/C17H22N4/c1-4-18-17-20-15(13-8-9-13)10-16(21-17)19-14-7-5-6-11(2)12(14)3/h5-7,10,13H,4,8-9H2,1-3H3,(H2,18,19,20,21). The number of anilines is 3. The average Bonchev–Trinajstić information content (AvgIpc) is 3.29. The van der Waals surface area contributed by atoms with Crippen molar-refractivity contribution in [3.05, 3.63) is 41.1 Å². The molecule has 1 heterocycles. The van der Waals surface area contributed by atoms with Crippen LogP contribution in [0.15, 0.2) is 24.3 Å². The molecule has 0 saturated heterocycles. The lowest BCUT2D eigenvalue weighted by Crippen LogP contribution is -2.06. The summed E-state index contributed by atoms with van der Waals surface area (Å²) in [6.07, 6.45) is 2.48. The average molecular weight is 282 g/mol. The highest BCUT2D eigenvalue weighted by Gasteiger charge is 2.26. The first-order valence-electron chi connectivity index (χ1n) is 7.63. The van der Waals surface area contributed by atoms with Crippen molar-refractivity contribution in [3.8, 4) is 0 Å². The summed E-state index contributed by atoms with van der Waals surface area (Å²) in [5.41, 5.74) is 4.80. The second kappa shape index (κ2) is 5.72. The fourth-order valence-electron chi connectivity index (χ4n) is 2.38. The molecule has 21 heavy (non-hydrogen) atoms. The first kappa shape index (κ1) is 13.9. The summed E-state index contributed by atoms with van der Waals surface area (Å²) in [7, 11) is 0. The van der Waals surface area contributed by atoms with Crippen molar-refractivity contribution in [2.45, 2.75) is 39.5 Å². The molecular formula is C17H22N4. The molecule has 2 N–H and O–H groups in total. The molecule has 0 atom stereocenters. The van der Waals surface area contributed by atoms with E-state index in [0.29, 0.717) is 5.92 Å². The van der Waals surface area contributed by atoms with Gasteiger partial charge in [0.15, 0.2) is 0 Å². The third-order valence-electron chi connectivity index (χ3n) is 3.94. The van der Waals surface area contributed by atoms with Gasteiger partial charge in [0.05, 0.1) is 5.69 Å². The lowest BCUT2D eigenvalue weighted by Gasteiger charge is -2.13. The van der Waals surface area contributed by atoms with Gasteiger partial charge in [-0.25, -0.2) is 4.98 Å². The Labute approximate surface area is 126 Å². The maximum absolute atomic E-state index is 4.60. The van der Waals surface area contributed by atoms with E-state index in [-0.39, 0.29) is 0 Å². The van der Waals surface area contributed by atoms with Crippen molar-refractivity contribution >= 4 is 17.5 Å². The number of aryl methyl sites for hydroxylation is 1. The van der Waals surface area contributed by atoms with E-state index in [2.05, 4.69) is 65.6 Å². The second-order valence-electron chi connectivity index (χ2n) is 5.68. The summed E-state index contributed by atoms with van der Waals surface area (Å²) in [4.78, 5) is 9.17. The minimum absolute atomic E-state index is 0.615. The number of rotatable bonds is 5. The summed E-state index contributed by atoms with van der Waals surface area (Å²) < 4.78 is 0. The first-order valence-corrected chi connectivity index (χ1v) is 7.63. The van der Waals surface area contributed by atoms with Gasteiger partial charge < -0.3 is 10.6 Å². The van der Waals surface area contributed by atoms with Crippen LogP contribution in [0.1, 0.15) is 42.5 Å². The number of hydrogen-bond donors (Lipinski definition) is 2. The van der Waals surface area contributed by atoms with E-state index in [4.69, 9.17) is 0 Å². The lowest BCUT2D eigenvalue weighted by atomic mass is 10.1. The summed E-state index contributed by atoms with van der Waals surface area (Å²) in [5.74, 6) is 2.20. The van der Waals surface area contributed by atoms with Crippen molar-refractivity contribution in [2.75, 3.05) is 17.2 Å². The number of nitrogens with one attached hydrogen (secondary N) is 2. The van der Waals surface area contributed by atoms with Crippen molar-refractivity contribution < 1.29 is 0 Å². The smallest absolute Gasteiger partial charge is 0.224 e. The second-order valence-corrected chi connectivity index (χ2v) is 5.68.